The van der Waals surface area contributed by atoms with Crippen LogP contribution in [0.3, 0.4) is 0 Å². The fourth-order valence-corrected chi connectivity index (χ4v) is 2.77. The van der Waals surface area contributed by atoms with Gasteiger partial charge in [0.2, 0.25) is 0 Å². The van der Waals surface area contributed by atoms with Gasteiger partial charge in [0, 0.05) is 12.4 Å². The van der Waals surface area contributed by atoms with E-state index in [4.69, 9.17) is 4.74 Å². The Balaban J connectivity index is 1.52. The number of hydrogen-bond acceptors (Lipinski definition) is 3. The lowest BCUT2D eigenvalue weighted by Gasteiger charge is -2.06. The second-order valence-corrected chi connectivity index (χ2v) is 6.33. The standard InChI is InChI=1S/C22H30N2O/c1-19(21-11-13-22(25-2)14-12-21)8-3-5-15-23-16-6-4-9-20-10-7-17-24-18-20/h7-8,10-14,17-18,23H,3-6,9,15-16H2,1-2H3/b19-8+. The van der Waals surface area contributed by atoms with Crippen LogP contribution in [0.2, 0.25) is 0 Å². The van der Waals surface area contributed by atoms with Crippen molar-refractivity contribution in [2.45, 2.75) is 39.0 Å². The normalized spacial score (nSPS) is 11.5. The van der Waals surface area contributed by atoms with Crippen molar-refractivity contribution in [1.82, 2.24) is 10.3 Å². The molecule has 1 heterocycles. The minimum absolute atomic E-state index is 0.907. The molecule has 0 atom stereocenters. The van der Waals surface area contributed by atoms with Gasteiger partial charge < -0.3 is 10.1 Å². The molecular weight excluding hydrogens is 308 g/mol. The molecule has 0 saturated carbocycles. The van der Waals surface area contributed by atoms with Crippen molar-refractivity contribution in [3.05, 3.63) is 66.0 Å². The summed E-state index contributed by atoms with van der Waals surface area (Å²) in [5, 5.41) is 3.54. The van der Waals surface area contributed by atoms with Crippen molar-refractivity contribution in [3.8, 4) is 5.75 Å². The summed E-state index contributed by atoms with van der Waals surface area (Å²) in [5.41, 5.74) is 3.94. The van der Waals surface area contributed by atoms with Crippen LogP contribution >= 0.6 is 0 Å². The fourth-order valence-electron chi connectivity index (χ4n) is 2.77. The van der Waals surface area contributed by atoms with E-state index in [1.807, 2.05) is 30.6 Å². The predicted molar refractivity (Wildman–Crippen MR) is 106 cm³/mol. The van der Waals surface area contributed by atoms with Gasteiger partial charge in [0.1, 0.15) is 5.75 Å². The molecule has 0 amide bonds. The summed E-state index contributed by atoms with van der Waals surface area (Å²) in [6, 6.07) is 12.4. The van der Waals surface area contributed by atoms with Gasteiger partial charge >= 0.3 is 0 Å². The van der Waals surface area contributed by atoms with Gasteiger partial charge in [-0.1, -0.05) is 24.3 Å². The van der Waals surface area contributed by atoms with E-state index >= 15 is 0 Å². The Kier molecular flexibility index (Phi) is 8.78. The number of rotatable bonds is 11. The third-order valence-electron chi connectivity index (χ3n) is 4.35. The van der Waals surface area contributed by atoms with Gasteiger partial charge in [-0.25, -0.2) is 0 Å². The smallest absolute Gasteiger partial charge is 0.118 e. The fraction of sp³-hybridized carbons (Fsp3) is 0.409. The zero-order valence-electron chi connectivity index (χ0n) is 15.5. The first-order chi connectivity index (χ1) is 12.3. The predicted octanol–water partition coefficient (Wildman–Crippen LogP) is 4.89. The molecule has 25 heavy (non-hydrogen) atoms. The maximum atomic E-state index is 5.20. The molecule has 0 aliphatic heterocycles. The Morgan fingerprint density at radius 3 is 2.60 bits per heavy atom. The maximum Gasteiger partial charge on any atom is 0.118 e. The summed E-state index contributed by atoms with van der Waals surface area (Å²) >= 11 is 0. The summed E-state index contributed by atoms with van der Waals surface area (Å²) in [6.45, 7) is 4.36. The van der Waals surface area contributed by atoms with Crippen molar-refractivity contribution in [1.29, 1.82) is 0 Å². The largest absolute Gasteiger partial charge is 0.497 e. The highest BCUT2D eigenvalue weighted by molar-refractivity contribution is 5.64. The lowest BCUT2D eigenvalue weighted by Crippen LogP contribution is -2.16. The number of allylic oxidation sites excluding steroid dienone is 2. The van der Waals surface area contributed by atoms with Gasteiger partial charge in [-0.3, -0.25) is 4.98 Å². The number of nitrogens with zero attached hydrogens (tertiary/aromatic N) is 1. The highest BCUT2D eigenvalue weighted by Crippen LogP contribution is 2.18. The Morgan fingerprint density at radius 2 is 1.88 bits per heavy atom. The number of aryl methyl sites for hydroxylation is 1. The second-order valence-electron chi connectivity index (χ2n) is 6.33. The molecule has 0 saturated heterocycles. The van der Waals surface area contributed by atoms with Gasteiger partial charge in [-0.05, 0) is 87.0 Å². The van der Waals surface area contributed by atoms with Crippen molar-refractivity contribution >= 4 is 5.57 Å². The van der Waals surface area contributed by atoms with E-state index in [2.05, 4.69) is 41.5 Å². The zero-order chi connectivity index (χ0) is 17.7. The summed E-state index contributed by atoms with van der Waals surface area (Å²) in [6.07, 6.45) is 12.0. The van der Waals surface area contributed by atoms with Crippen molar-refractivity contribution in [2.24, 2.45) is 0 Å². The molecule has 1 aromatic carbocycles. The lowest BCUT2D eigenvalue weighted by molar-refractivity contribution is 0.415. The summed E-state index contributed by atoms with van der Waals surface area (Å²) in [4.78, 5) is 4.15. The second kappa shape index (κ2) is 11.4. The Hall–Kier alpha value is -2.13. The van der Waals surface area contributed by atoms with Crippen LogP contribution in [0.5, 0.6) is 5.75 Å². The van der Waals surface area contributed by atoms with E-state index in [1.165, 1.54) is 36.0 Å². The average molecular weight is 338 g/mol. The molecule has 1 N–H and O–H groups in total. The first kappa shape index (κ1) is 19.2. The van der Waals surface area contributed by atoms with E-state index in [0.717, 1.165) is 31.7 Å². The van der Waals surface area contributed by atoms with Gasteiger partial charge in [0.05, 0.1) is 7.11 Å². The third-order valence-corrected chi connectivity index (χ3v) is 4.35. The number of unbranched alkanes of at least 4 members (excludes halogenated alkanes) is 2. The van der Waals surface area contributed by atoms with Gasteiger partial charge in [0.15, 0.2) is 0 Å². The molecule has 0 spiro atoms. The van der Waals surface area contributed by atoms with E-state index in [-0.39, 0.29) is 0 Å². The summed E-state index contributed by atoms with van der Waals surface area (Å²) in [7, 11) is 1.70. The highest BCUT2D eigenvalue weighted by atomic mass is 16.5. The van der Waals surface area contributed by atoms with Crippen molar-refractivity contribution in [3.63, 3.8) is 0 Å². The monoisotopic (exact) mass is 338 g/mol. The molecule has 0 radical (unpaired) electrons. The SMILES string of the molecule is COc1ccc(/C(C)=C/CCCNCCCCc2cccnc2)cc1. The van der Waals surface area contributed by atoms with Crippen LogP contribution in [-0.2, 0) is 6.42 Å². The molecule has 0 unspecified atom stereocenters. The van der Waals surface area contributed by atoms with Crippen LogP contribution in [0, 0.1) is 0 Å². The maximum absolute atomic E-state index is 5.20. The van der Waals surface area contributed by atoms with Crippen LogP contribution in [-0.4, -0.2) is 25.2 Å². The Bertz CT molecular complexity index is 620. The van der Waals surface area contributed by atoms with Crippen molar-refractivity contribution < 1.29 is 4.74 Å². The molecular formula is C22H30N2O. The molecule has 3 heteroatoms. The van der Waals surface area contributed by atoms with Crippen LogP contribution in [0.4, 0.5) is 0 Å². The lowest BCUT2D eigenvalue weighted by atomic mass is 10.1. The topological polar surface area (TPSA) is 34.1 Å². The molecule has 0 aliphatic carbocycles. The Morgan fingerprint density at radius 1 is 1.08 bits per heavy atom. The van der Waals surface area contributed by atoms with Crippen molar-refractivity contribution in [2.75, 3.05) is 20.2 Å². The molecule has 0 bridgehead atoms. The van der Waals surface area contributed by atoms with E-state index in [1.54, 1.807) is 7.11 Å². The highest BCUT2D eigenvalue weighted by Gasteiger charge is 1.97. The van der Waals surface area contributed by atoms with Gasteiger partial charge in [-0.2, -0.15) is 0 Å². The molecule has 0 aliphatic rings. The average Bonchev–Trinajstić information content (AvgIpc) is 2.67. The number of hydrogen-bond donors (Lipinski definition) is 1. The number of pyridine rings is 1. The van der Waals surface area contributed by atoms with E-state index < -0.39 is 0 Å². The number of ether oxygens (including phenoxy) is 1. The quantitative estimate of drug-likeness (QED) is 0.593. The minimum atomic E-state index is 0.907. The van der Waals surface area contributed by atoms with E-state index in [9.17, 15) is 0 Å². The Labute approximate surface area is 152 Å². The molecule has 2 rings (SSSR count). The van der Waals surface area contributed by atoms with Crippen LogP contribution in [0.15, 0.2) is 54.9 Å². The number of benzene rings is 1. The molecule has 1 aromatic heterocycles. The number of aromatic nitrogens is 1. The number of methoxy groups -OCH3 is 1. The number of nitrogens with one attached hydrogen (secondary N) is 1. The summed E-state index contributed by atoms with van der Waals surface area (Å²) in [5.74, 6) is 0.907. The van der Waals surface area contributed by atoms with Crippen LogP contribution < -0.4 is 10.1 Å². The van der Waals surface area contributed by atoms with Gasteiger partial charge in [-0.15, -0.1) is 0 Å². The minimum Gasteiger partial charge on any atom is -0.497 e. The first-order valence-corrected chi connectivity index (χ1v) is 9.20. The first-order valence-electron chi connectivity index (χ1n) is 9.20. The molecule has 0 fully saturated rings. The molecule has 3 nitrogen and oxygen atoms in total. The van der Waals surface area contributed by atoms with Crippen LogP contribution in [0.1, 0.15) is 43.7 Å². The van der Waals surface area contributed by atoms with E-state index in [0.29, 0.717) is 0 Å². The molecule has 134 valence electrons. The third kappa shape index (κ3) is 7.53. The summed E-state index contributed by atoms with van der Waals surface area (Å²) < 4.78 is 5.20. The van der Waals surface area contributed by atoms with Crippen LogP contribution in [0.25, 0.3) is 5.57 Å². The van der Waals surface area contributed by atoms with Gasteiger partial charge in [0.25, 0.3) is 0 Å². The molecule has 2 aromatic rings. The zero-order valence-corrected chi connectivity index (χ0v) is 15.5.